The van der Waals surface area contributed by atoms with Gasteiger partial charge in [-0.25, -0.2) is 4.98 Å². The van der Waals surface area contributed by atoms with Crippen LogP contribution in [-0.2, 0) is 6.54 Å². The molecule has 0 saturated carbocycles. The number of carbonyl (C=O) groups is 2. The summed E-state index contributed by atoms with van der Waals surface area (Å²) in [4.78, 5) is 34.2. The SMILES string of the molecule is O=C(NCc1nc(-c2ccncc2)cs1)c1ccccc1C(=O)c1ccc(Cl)cc1. The Kier molecular flexibility index (Phi) is 5.97. The second-order valence-electron chi connectivity index (χ2n) is 6.43. The zero-order valence-corrected chi connectivity index (χ0v) is 17.3. The van der Waals surface area contributed by atoms with E-state index in [1.54, 1.807) is 60.9 Å². The molecule has 0 aliphatic carbocycles. The van der Waals surface area contributed by atoms with Crippen LogP contribution in [0.5, 0.6) is 0 Å². The Morgan fingerprint density at radius 3 is 2.37 bits per heavy atom. The standard InChI is InChI=1S/C23H16ClN3O2S/c24-17-7-5-16(6-8-17)22(28)18-3-1-2-4-19(18)23(29)26-13-21-27-20(14-30-21)15-9-11-25-12-10-15/h1-12,14H,13H2,(H,26,29). The molecular formula is C23H16ClN3O2S. The van der Waals surface area contributed by atoms with E-state index >= 15 is 0 Å². The predicted octanol–water partition coefficient (Wildman–Crippen LogP) is 5.02. The van der Waals surface area contributed by atoms with Crippen molar-refractivity contribution in [2.75, 3.05) is 0 Å². The van der Waals surface area contributed by atoms with Gasteiger partial charge in [0.05, 0.1) is 17.8 Å². The number of carbonyl (C=O) groups excluding carboxylic acids is 2. The van der Waals surface area contributed by atoms with Gasteiger partial charge in [0.25, 0.3) is 5.91 Å². The molecule has 1 amide bonds. The molecule has 0 fully saturated rings. The Morgan fingerprint density at radius 1 is 0.933 bits per heavy atom. The normalized spacial score (nSPS) is 10.6. The second kappa shape index (κ2) is 8.98. The fourth-order valence-electron chi connectivity index (χ4n) is 2.93. The average molecular weight is 434 g/mol. The molecule has 0 radical (unpaired) electrons. The van der Waals surface area contributed by atoms with E-state index in [1.807, 2.05) is 17.5 Å². The third kappa shape index (κ3) is 4.45. The van der Waals surface area contributed by atoms with Gasteiger partial charge in [0.1, 0.15) is 5.01 Å². The number of hydrogen-bond acceptors (Lipinski definition) is 5. The van der Waals surface area contributed by atoms with Crippen LogP contribution >= 0.6 is 22.9 Å². The number of thiazole rings is 1. The molecule has 2 aromatic heterocycles. The van der Waals surface area contributed by atoms with Crippen LogP contribution in [0.15, 0.2) is 78.4 Å². The lowest BCUT2D eigenvalue weighted by atomic mass is 9.98. The minimum absolute atomic E-state index is 0.230. The van der Waals surface area contributed by atoms with Crippen molar-refractivity contribution in [3.05, 3.63) is 105 Å². The Bertz CT molecular complexity index is 1190. The van der Waals surface area contributed by atoms with E-state index in [1.165, 1.54) is 11.3 Å². The lowest BCUT2D eigenvalue weighted by Crippen LogP contribution is -2.25. The summed E-state index contributed by atoms with van der Waals surface area (Å²) >= 11 is 7.37. The van der Waals surface area contributed by atoms with Crippen molar-refractivity contribution in [2.24, 2.45) is 0 Å². The molecule has 7 heteroatoms. The molecule has 2 heterocycles. The molecular weight excluding hydrogens is 418 g/mol. The predicted molar refractivity (Wildman–Crippen MR) is 118 cm³/mol. The maximum atomic E-state index is 12.9. The van der Waals surface area contributed by atoms with Crippen LogP contribution in [0.2, 0.25) is 5.02 Å². The highest BCUT2D eigenvalue weighted by Crippen LogP contribution is 2.21. The summed E-state index contributed by atoms with van der Waals surface area (Å²) in [5.41, 5.74) is 2.95. The number of nitrogens with one attached hydrogen (secondary N) is 1. The van der Waals surface area contributed by atoms with Gasteiger partial charge >= 0.3 is 0 Å². The lowest BCUT2D eigenvalue weighted by Gasteiger charge is -2.09. The van der Waals surface area contributed by atoms with Gasteiger partial charge in [0, 0.05) is 39.5 Å². The first-order chi connectivity index (χ1) is 14.6. The van der Waals surface area contributed by atoms with Crippen molar-refractivity contribution < 1.29 is 9.59 Å². The summed E-state index contributed by atoms with van der Waals surface area (Å²) in [5, 5.41) is 6.12. The van der Waals surface area contributed by atoms with Gasteiger partial charge in [-0.2, -0.15) is 0 Å². The van der Waals surface area contributed by atoms with E-state index in [4.69, 9.17) is 11.6 Å². The van der Waals surface area contributed by atoms with Gasteiger partial charge in [-0.05, 0) is 42.5 Å². The van der Waals surface area contributed by atoms with E-state index in [-0.39, 0.29) is 18.2 Å². The number of rotatable bonds is 6. The van der Waals surface area contributed by atoms with Crippen LogP contribution in [0, 0.1) is 0 Å². The highest BCUT2D eigenvalue weighted by atomic mass is 35.5. The third-order valence-electron chi connectivity index (χ3n) is 4.45. The second-order valence-corrected chi connectivity index (χ2v) is 7.81. The maximum absolute atomic E-state index is 12.9. The molecule has 0 unspecified atom stereocenters. The zero-order valence-electron chi connectivity index (χ0n) is 15.7. The summed E-state index contributed by atoms with van der Waals surface area (Å²) in [6, 6.07) is 17.1. The van der Waals surface area contributed by atoms with Gasteiger partial charge in [-0.3, -0.25) is 14.6 Å². The van der Waals surface area contributed by atoms with Crippen molar-refractivity contribution in [1.82, 2.24) is 15.3 Å². The van der Waals surface area contributed by atoms with Crippen LogP contribution in [0.3, 0.4) is 0 Å². The van der Waals surface area contributed by atoms with Crippen molar-refractivity contribution in [3.63, 3.8) is 0 Å². The Balaban J connectivity index is 1.49. The molecule has 5 nitrogen and oxygen atoms in total. The Labute approximate surface area is 182 Å². The number of hydrogen-bond donors (Lipinski definition) is 1. The Hall–Kier alpha value is -3.35. The summed E-state index contributed by atoms with van der Waals surface area (Å²) in [7, 11) is 0. The summed E-state index contributed by atoms with van der Waals surface area (Å²) < 4.78 is 0. The van der Waals surface area contributed by atoms with Crippen molar-refractivity contribution in [1.29, 1.82) is 0 Å². The van der Waals surface area contributed by atoms with Gasteiger partial charge < -0.3 is 5.32 Å². The monoisotopic (exact) mass is 433 g/mol. The van der Waals surface area contributed by atoms with Crippen LogP contribution in [0.1, 0.15) is 31.3 Å². The van der Waals surface area contributed by atoms with Crippen LogP contribution < -0.4 is 5.32 Å². The summed E-state index contributed by atoms with van der Waals surface area (Å²) in [6.07, 6.45) is 3.43. The quantitative estimate of drug-likeness (QED) is 0.433. The van der Waals surface area contributed by atoms with E-state index in [9.17, 15) is 9.59 Å². The first-order valence-electron chi connectivity index (χ1n) is 9.14. The minimum Gasteiger partial charge on any atom is -0.346 e. The topological polar surface area (TPSA) is 72.0 Å². The number of nitrogens with zero attached hydrogens (tertiary/aromatic N) is 2. The molecule has 0 aliphatic heterocycles. The van der Waals surface area contributed by atoms with E-state index in [0.29, 0.717) is 21.7 Å². The first kappa shape index (κ1) is 19.9. The smallest absolute Gasteiger partial charge is 0.252 e. The minimum atomic E-state index is -0.325. The third-order valence-corrected chi connectivity index (χ3v) is 5.55. The molecule has 30 heavy (non-hydrogen) atoms. The van der Waals surface area contributed by atoms with Crippen LogP contribution in [0.25, 0.3) is 11.3 Å². The first-order valence-corrected chi connectivity index (χ1v) is 10.4. The zero-order chi connectivity index (χ0) is 20.9. The van der Waals surface area contributed by atoms with Crippen LogP contribution in [-0.4, -0.2) is 21.7 Å². The van der Waals surface area contributed by atoms with Crippen LogP contribution in [0.4, 0.5) is 0 Å². The molecule has 4 aromatic rings. The van der Waals surface area contributed by atoms with Gasteiger partial charge in [0.15, 0.2) is 5.78 Å². The van der Waals surface area contributed by atoms with Crippen molar-refractivity contribution in [2.45, 2.75) is 6.54 Å². The molecule has 0 spiro atoms. The van der Waals surface area contributed by atoms with Crippen molar-refractivity contribution in [3.8, 4) is 11.3 Å². The molecule has 1 N–H and O–H groups in total. The molecule has 4 rings (SSSR count). The number of amides is 1. The van der Waals surface area contributed by atoms with E-state index in [0.717, 1.165) is 16.3 Å². The number of ketones is 1. The lowest BCUT2D eigenvalue weighted by molar-refractivity contribution is 0.0939. The summed E-state index contributed by atoms with van der Waals surface area (Å²) in [5.74, 6) is -0.555. The molecule has 0 bridgehead atoms. The highest BCUT2D eigenvalue weighted by Gasteiger charge is 2.18. The number of halogens is 1. The molecule has 0 aliphatic rings. The number of aromatic nitrogens is 2. The van der Waals surface area contributed by atoms with E-state index in [2.05, 4.69) is 15.3 Å². The largest absolute Gasteiger partial charge is 0.346 e. The highest BCUT2D eigenvalue weighted by molar-refractivity contribution is 7.09. The number of benzene rings is 2. The molecule has 2 aromatic carbocycles. The number of pyridine rings is 1. The molecule has 0 atom stereocenters. The fraction of sp³-hybridized carbons (Fsp3) is 0.0435. The average Bonchev–Trinajstić information content (AvgIpc) is 3.27. The van der Waals surface area contributed by atoms with E-state index < -0.39 is 0 Å². The maximum Gasteiger partial charge on any atom is 0.252 e. The molecule has 148 valence electrons. The van der Waals surface area contributed by atoms with Gasteiger partial charge in [0.2, 0.25) is 0 Å². The molecule has 0 saturated heterocycles. The van der Waals surface area contributed by atoms with Crippen molar-refractivity contribution >= 4 is 34.6 Å². The Morgan fingerprint density at radius 2 is 1.63 bits per heavy atom. The van der Waals surface area contributed by atoms with Gasteiger partial charge in [-0.15, -0.1) is 11.3 Å². The fourth-order valence-corrected chi connectivity index (χ4v) is 3.80. The van der Waals surface area contributed by atoms with Gasteiger partial charge in [-0.1, -0.05) is 29.8 Å². The summed E-state index contributed by atoms with van der Waals surface area (Å²) in [6.45, 7) is 0.276.